The Morgan fingerprint density at radius 1 is 0.619 bits per heavy atom. The zero-order valence-corrected chi connectivity index (χ0v) is 15.8. The summed E-state index contributed by atoms with van der Waals surface area (Å²) in [7, 11) is 4.16. The van der Waals surface area contributed by atoms with Crippen molar-refractivity contribution >= 4 is 0 Å². The van der Waals surface area contributed by atoms with Crippen LogP contribution >= 0.6 is 0 Å². The van der Waals surface area contributed by atoms with Crippen LogP contribution in [0.4, 0.5) is 0 Å². The largest absolute Gasteiger partial charge is 0.384 e. The first kappa shape index (κ1) is 22.8. The average Bonchev–Trinajstić information content (AvgIpc) is 2.49. The molecule has 0 aliphatic rings. The summed E-state index contributed by atoms with van der Waals surface area (Å²) in [5, 5.41) is 0. The second kappa shape index (κ2) is 21.8. The third-order valence-electron chi connectivity index (χ3n) is 3.63. The predicted octanol–water partition coefficient (Wildman–Crippen LogP) is 7.18. The topological polar surface area (TPSA) is 3.24 Å². The van der Waals surface area contributed by atoms with E-state index in [1.807, 2.05) is 13.8 Å². The van der Waals surface area contributed by atoms with Crippen LogP contribution in [0.25, 0.3) is 0 Å². The van der Waals surface area contributed by atoms with E-state index in [4.69, 9.17) is 0 Å². The summed E-state index contributed by atoms with van der Waals surface area (Å²) in [5.41, 5.74) is 0. The van der Waals surface area contributed by atoms with Crippen LogP contribution in [0.3, 0.4) is 0 Å². The fourth-order valence-corrected chi connectivity index (χ4v) is 2.39. The van der Waals surface area contributed by atoms with E-state index in [2.05, 4.69) is 38.2 Å². The van der Waals surface area contributed by atoms with Gasteiger partial charge in [-0.25, -0.2) is 0 Å². The number of allylic oxidation sites excluding steroid dienone is 1. The summed E-state index contributed by atoms with van der Waals surface area (Å²) in [6, 6.07) is 0. The van der Waals surface area contributed by atoms with Gasteiger partial charge in [0.2, 0.25) is 0 Å². The molecule has 128 valence electrons. The lowest BCUT2D eigenvalue weighted by molar-refractivity contribution is 0.542. The van der Waals surface area contributed by atoms with Crippen molar-refractivity contribution in [2.75, 3.05) is 14.1 Å². The number of unbranched alkanes of at least 4 members (excludes halogenated alkanes) is 12. The first-order valence-electron chi connectivity index (χ1n) is 9.60. The van der Waals surface area contributed by atoms with Crippen molar-refractivity contribution < 1.29 is 0 Å². The molecule has 0 atom stereocenters. The van der Waals surface area contributed by atoms with Gasteiger partial charge in [-0.1, -0.05) is 97.5 Å². The molecule has 0 amide bonds. The molecule has 21 heavy (non-hydrogen) atoms. The minimum Gasteiger partial charge on any atom is -0.384 e. The highest BCUT2D eigenvalue weighted by atomic mass is 15.0. The average molecular weight is 298 g/mol. The van der Waals surface area contributed by atoms with E-state index in [-0.39, 0.29) is 0 Å². The van der Waals surface area contributed by atoms with Gasteiger partial charge in [-0.15, -0.1) is 0 Å². The molecule has 0 saturated carbocycles. The number of hydrogen-bond acceptors (Lipinski definition) is 1. The van der Waals surface area contributed by atoms with E-state index in [9.17, 15) is 0 Å². The zero-order chi connectivity index (χ0) is 16.2. The SMILES string of the molecule is CC.CCCCCCCCCCCCCCC=CN(C)C. The maximum absolute atomic E-state index is 2.29. The van der Waals surface area contributed by atoms with Gasteiger partial charge in [0.15, 0.2) is 0 Å². The second-order valence-electron chi connectivity index (χ2n) is 6.03. The Bertz CT molecular complexity index is 184. The molecule has 0 rings (SSSR count). The quantitative estimate of drug-likeness (QED) is 0.307. The van der Waals surface area contributed by atoms with Gasteiger partial charge in [0, 0.05) is 14.1 Å². The summed E-state index contributed by atoms with van der Waals surface area (Å²) < 4.78 is 0. The minimum atomic E-state index is 1.25. The Balaban J connectivity index is 0. The highest BCUT2D eigenvalue weighted by Crippen LogP contribution is 2.12. The molecule has 1 nitrogen and oxygen atoms in total. The van der Waals surface area contributed by atoms with E-state index >= 15 is 0 Å². The molecule has 0 spiro atoms. The lowest BCUT2D eigenvalue weighted by Gasteiger charge is -2.03. The lowest BCUT2D eigenvalue weighted by atomic mass is 10.0. The van der Waals surface area contributed by atoms with Crippen molar-refractivity contribution in [1.82, 2.24) is 4.90 Å². The molecule has 0 heterocycles. The van der Waals surface area contributed by atoms with E-state index in [1.165, 1.54) is 83.5 Å². The highest BCUT2D eigenvalue weighted by Gasteiger charge is 1.92. The Kier molecular flexibility index (Phi) is 23.7. The van der Waals surface area contributed by atoms with Gasteiger partial charge in [0.25, 0.3) is 0 Å². The molecule has 0 aromatic rings. The van der Waals surface area contributed by atoms with E-state index in [0.29, 0.717) is 0 Å². The Morgan fingerprint density at radius 2 is 1.00 bits per heavy atom. The van der Waals surface area contributed by atoms with E-state index in [0.717, 1.165) is 0 Å². The van der Waals surface area contributed by atoms with Gasteiger partial charge in [-0.2, -0.15) is 0 Å². The van der Waals surface area contributed by atoms with E-state index < -0.39 is 0 Å². The molecule has 1 heteroatoms. The Morgan fingerprint density at radius 3 is 1.38 bits per heavy atom. The molecule has 0 unspecified atom stereocenters. The van der Waals surface area contributed by atoms with Gasteiger partial charge < -0.3 is 4.90 Å². The van der Waals surface area contributed by atoms with Gasteiger partial charge in [-0.3, -0.25) is 0 Å². The van der Waals surface area contributed by atoms with Crippen molar-refractivity contribution in [3.63, 3.8) is 0 Å². The molecular formula is C20H43N. The van der Waals surface area contributed by atoms with Crippen LogP contribution in [-0.2, 0) is 0 Å². The van der Waals surface area contributed by atoms with Crippen LogP contribution < -0.4 is 0 Å². The smallest absolute Gasteiger partial charge is 0.00555 e. The molecule has 0 aromatic heterocycles. The molecule has 0 radical (unpaired) electrons. The fraction of sp³-hybridized carbons (Fsp3) is 0.900. The van der Waals surface area contributed by atoms with Crippen LogP contribution in [0.15, 0.2) is 12.3 Å². The Labute approximate surface area is 136 Å². The fourth-order valence-electron chi connectivity index (χ4n) is 2.39. The summed E-state index contributed by atoms with van der Waals surface area (Å²) in [5.74, 6) is 0. The summed E-state index contributed by atoms with van der Waals surface area (Å²) in [6.07, 6.45) is 22.9. The van der Waals surface area contributed by atoms with Crippen LogP contribution in [-0.4, -0.2) is 19.0 Å². The number of hydrogen-bond donors (Lipinski definition) is 0. The molecule has 0 bridgehead atoms. The van der Waals surface area contributed by atoms with Crippen molar-refractivity contribution in [1.29, 1.82) is 0 Å². The molecular weight excluding hydrogens is 254 g/mol. The first-order valence-corrected chi connectivity index (χ1v) is 9.60. The summed E-state index contributed by atoms with van der Waals surface area (Å²) in [6.45, 7) is 6.29. The second-order valence-corrected chi connectivity index (χ2v) is 6.03. The maximum atomic E-state index is 2.29. The minimum absolute atomic E-state index is 1.25. The van der Waals surface area contributed by atoms with Crippen LogP contribution in [0, 0.1) is 0 Å². The normalized spacial score (nSPS) is 10.5. The number of nitrogens with zero attached hydrogens (tertiary/aromatic N) is 1. The van der Waals surface area contributed by atoms with Crippen molar-refractivity contribution in [2.45, 2.75) is 104 Å². The zero-order valence-electron chi connectivity index (χ0n) is 15.8. The monoisotopic (exact) mass is 297 g/mol. The van der Waals surface area contributed by atoms with Gasteiger partial charge >= 0.3 is 0 Å². The van der Waals surface area contributed by atoms with Crippen LogP contribution in [0.1, 0.15) is 104 Å². The third-order valence-corrected chi connectivity index (χ3v) is 3.63. The molecule has 0 aliphatic heterocycles. The highest BCUT2D eigenvalue weighted by molar-refractivity contribution is 4.78. The van der Waals surface area contributed by atoms with Gasteiger partial charge in [0.05, 0.1) is 0 Å². The van der Waals surface area contributed by atoms with Gasteiger partial charge in [-0.05, 0) is 19.0 Å². The third kappa shape index (κ3) is 24.9. The summed E-state index contributed by atoms with van der Waals surface area (Å²) in [4.78, 5) is 2.11. The van der Waals surface area contributed by atoms with Crippen molar-refractivity contribution in [3.05, 3.63) is 12.3 Å². The number of rotatable bonds is 14. The first-order chi connectivity index (χ1) is 10.3. The van der Waals surface area contributed by atoms with Crippen LogP contribution in [0.5, 0.6) is 0 Å². The summed E-state index contributed by atoms with van der Waals surface area (Å²) >= 11 is 0. The molecule has 0 fully saturated rings. The molecule has 0 N–H and O–H groups in total. The van der Waals surface area contributed by atoms with Gasteiger partial charge in [0.1, 0.15) is 0 Å². The van der Waals surface area contributed by atoms with Crippen molar-refractivity contribution in [2.24, 2.45) is 0 Å². The lowest BCUT2D eigenvalue weighted by Crippen LogP contribution is -1.99. The molecule has 0 aliphatic carbocycles. The predicted molar refractivity (Wildman–Crippen MR) is 99.9 cm³/mol. The molecule has 0 aromatic carbocycles. The Hall–Kier alpha value is -0.460. The maximum Gasteiger partial charge on any atom is 0.00555 e. The van der Waals surface area contributed by atoms with Crippen LogP contribution in [0.2, 0.25) is 0 Å². The molecule has 0 saturated heterocycles. The standard InChI is InChI=1S/C18H37N.C2H6/c1-4-5-6-7-8-9-10-11-12-13-14-15-16-17-18-19(2)3;1-2/h17-18H,4-16H2,1-3H3;1-2H3. The van der Waals surface area contributed by atoms with E-state index in [1.54, 1.807) is 0 Å². The van der Waals surface area contributed by atoms with Crippen molar-refractivity contribution in [3.8, 4) is 0 Å².